The molecule has 0 bridgehead atoms. The van der Waals surface area contributed by atoms with Crippen molar-refractivity contribution in [1.29, 1.82) is 0 Å². The van der Waals surface area contributed by atoms with Gasteiger partial charge in [0.2, 0.25) is 10.0 Å². The van der Waals surface area contributed by atoms with E-state index < -0.39 is 10.0 Å². The third-order valence-electron chi connectivity index (χ3n) is 3.76. The van der Waals surface area contributed by atoms with Gasteiger partial charge in [0.1, 0.15) is 0 Å². The minimum absolute atomic E-state index is 0.311. The molecule has 0 aromatic heterocycles. The maximum absolute atomic E-state index is 12.7. The fraction of sp³-hybridized carbons (Fsp3) is 0.533. The highest BCUT2D eigenvalue weighted by Gasteiger charge is 2.29. The predicted molar refractivity (Wildman–Crippen MR) is 102 cm³/mol. The summed E-state index contributed by atoms with van der Waals surface area (Å²) in [4.78, 5) is 2.32. The van der Waals surface area contributed by atoms with Crippen molar-refractivity contribution in [3.63, 3.8) is 0 Å². The number of sulfonamides is 1. The molecule has 1 aromatic carbocycles. The van der Waals surface area contributed by atoms with Gasteiger partial charge in [0.05, 0.1) is 4.90 Å². The molecule has 1 saturated heterocycles. The van der Waals surface area contributed by atoms with Crippen molar-refractivity contribution in [3.8, 4) is 0 Å². The lowest BCUT2D eigenvalue weighted by Crippen LogP contribution is -2.53. The van der Waals surface area contributed by atoms with Crippen LogP contribution in [0.25, 0.3) is 0 Å². The SMILES string of the molecule is COCCCNC(=S)N1CCN(S(=O)(=O)c2cccc(Br)c2)CC1. The number of nitrogens with one attached hydrogen (secondary N) is 1. The van der Waals surface area contributed by atoms with Crippen LogP contribution >= 0.6 is 28.1 Å². The Morgan fingerprint density at radius 3 is 2.67 bits per heavy atom. The van der Waals surface area contributed by atoms with E-state index in [1.54, 1.807) is 25.3 Å². The molecular formula is C15H22BrN3O3S2. The molecule has 0 saturated carbocycles. The second kappa shape index (κ2) is 9.10. The van der Waals surface area contributed by atoms with Gasteiger partial charge in [0, 0.05) is 50.9 Å². The third-order valence-corrected chi connectivity index (χ3v) is 6.55. The van der Waals surface area contributed by atoms with Gasteiger partial charge >= 0.3 is 0 Å². The number of hydrogen-bond acceptors (Lipinski definition) is 4. The van der Waals surface area contributed by atoms with E-state index in [4.69, 9.17) is 17.0 Å². The number of halogens is 1. The molecule has 0 spiro atoms. The number of ether oxygens (including phenoxy) is 1. The van der Waals surface area contributed by atoms with Crippen LogP contribution in [0.4, 0.5) is 0 Å². The van der Waals surface area contributed by atoms with Gasteiger partial charge in [0.15, 0.2) is 5.11 Å². The van der Waals surface area contributed by atoms with Gasteiger partial charge in [-0.2, -0.15) is 4.31 Å². The number of thiocarbonyl (C=S) groups is 1. The smallest absolute Gasteiger partial charge is 0.243 e. The Morgan fingerprint density at radius 2 is 2.04 bits per heavy atom. The van der Waals surface area contributed by atoms with E-state index in [0.717, 1.165) is 17.4 Å². The molecule has 0 unspecified atom stereocenters. The number of rotatable bonds is 6. The quantitative estimate of drug-likeness (QED) is 0.541. The maximum Gasteiger partial charge on any atom is 0.243 e. The van der Waals surface area contributed by atoms with Crippen LogP contribution in [0.3, 0.4) is 0 Å². The highest BCUT2D eigenvalue weighted by molar-refractivity contribution is 9.10. The van der Waals surface area contributed by atoms with E-state index in [-0.39, 0.29) is 0 Å². The Bertz CT molecular complexity index is 662. The number of nitrogens with zero attached hydrogens (tertiary/aromatic N) is 2. The van der Waals surface area contributed by atoms with Crippen molar-refractivity contribution in [2.45, 2.75) is 11.3 Å². The second-order valence-corrected chi connectivity index (χ2v) is 8.67. The van der Waals surface area contributed by atoms with Gasteiger partial charge in [-0.15, -0.1) is 0 Å². The number of hydrogen-bond donors (Lipinski definition) is 1. The first kappa shape index (κ1) is 19.6. The van der Waals surface area contributed by atoms with Crippen LogP contribution < -0.4 is 5.32 Å². The summed E-state index contributed by atoms with van der Waals surface area (Å²) in [6, 6.07) is 6.79. The fourth-order valence-electron chi connectivity index (χ4n) is 2.43. The van der Waals surface area contributed by atoms with Gasteiger partial charge in [-0.05, 0) is 36.8 Å². The van der Waals surface area contributed by atoms with Crippen molar-refractivity contribution >= 4 is 43.3 Å². The summed E-state index contributed by atoms with van der Waals surface area (Å²) < 4.78 is 32.6. The second-order valence-electron chi connectivity index (χ2n) is 5.43. The molecule has 0 atom stereocenters. The lowest BCUT2D eigenvalue weighted by atomic mass is 10.4. The molecule has 1 aromatic rings. The summed E-state index contributed by atoms with van der Waals surface area (Å²) in [6.07, 6.45) is 0.883. The Balaban J connectivity index is 1.89. The molecule has 1 aliphatic heterocycles. The first-order valence-electron chi connectivity index (χ1n) is 7.72. The van der Waals surface area contributed by atoms with E-state index in [2.05, 4.69) is 21.2 Å². The molecule has 0 radical (unpaired) electrons. The molecule has 6 nitrogen and oxygen atoms in total. The molecular weight excluding hydrogens is 414 g/mol. The summed E-state index contributed by atoms with van der Waals surface area (Å²) >= 11 is 8.68. The first-order valence-corrected chi connectivity index (χ1v) is 10.4. The van der Waals surface area contributed by atoms with Crippen LogP contribution in [0, 0.1) is 0 Å². The van der Waals surface area contributed by atoms with Gasteiger partial charge < -0.3 is 15.0 Å². The van der Waals surface area contributed by atoms with Crippen LogP contribution in [0.15, 0.2) is 33.6 Å². The Morgan fingerprint density at radius 1 is 1.33 bits per heavy atom. The first-order chi connectivity index (χ1) is 11.4. The largest absolute Gasteiger partial charge is 0.385 e. The van der Waals surface area contributed by atoms with E-state index in [1.807, 2.05) is 11.0 Å². The minimum atomic E-state index is -3.46. The maximum atomic E-state index is 12.7. The average Bonchev–Trinajstić information content (AvgIpc) is 2.58. The lowest BCUT2D eigenvalue weighted by Gasteiger charge is -2.35. The van der Waals surface area contributed by atoms with Gasteiger partial charge in [-0.25, -0.2) is 8.42 Å². The summed E-state index contributed by atoms with van der Waals surface area (Å²) in [5.41, 5.74) is 0. The van der Waals surface area contributed by atoms with Crippen molar-refractivity contribution in [3.05, 3.63) is 28.7 Å². The predicted octanol–water partition coefficient (Wildman–Crippen LogP) is 1.67. The highest BCUT2D eigenvalue weighted by Crippen LogP contribution is 2.21. The molecule has 1 fully saturated rings. The van der Waals surface area contributed by atoms with Crippen molar-refractivity contribution in [1.82, 2.24) is 14.5 Å². The molecule has 134 valence electrons. The van der Waals surface area contributed by atoms with Crippen molar-refractivity contribution in [2.75, 3.05) is 46.4 Å². The van der Waals surface area contributed by atoms with Crippen LogP contribution in [0.1, 0.15) is 6.42 Å². The lowest BCUT2D eigenvalue weighted by molar-refractivity contribution is 0.195. The summed E-state index contributed by atoms with van der Waals surface area (Å²) in [7, 11) is -1.79. The zero-order valence-corrected chi connectivity index (χ0v) is 16.8. The number of benzene rings is 1. The summed E-state index contributed by atoms with van der Waals surface area (Å²) in [6.45, 7) is 3.47. The van der Waals surface area contributed by atoms with Crippen molar-refractivity contribution in [2.24, 2.45) is 0 Å². The Kier molecular flexibility index (Phi) is 7.42. The monoisotopic (exact) mass is 435 g/mol. The summed E-state index contributed by atoms with van der Waals surface area (Å²) in [5.74, 6) is 0. The normalized spacial score (nSPS) is 16.2. The van der Waals surface area contributed by atoms with Crippen LogP contribution in [0.5, 0.6) is 0 Å². The molecule has 9 heteroatoms. The molecule has 1 N–H and O–H groups in total. The summed E-state index contributed by atoms with van der Waals surface area (Å²) in [5, 5.41) is 3.85. The number of methoxy groups -OCH3 is 1. The molecule has 0 aliphatic carbocycles. The molecule has 24 heavy (non-hydrogen) atoms. The van der Waals surface area contributed by atoms with Gasteiger partial charge in [-0.1, -0.05) is 22.0 Å². The average molecular weight is 436 g/mol. The zero-order valence-electron chi connectivity index (χ0n) is 13.6. The molecule has 1 heterocycles. The topological polar surface area (TPSA) is 61.9 Å². The fourth-order valence-corrected chi connectivity index (χ4v) is 4.74. The van der Waals surface area contributed by atoms with E-state index >= 15 is 0 Å². The van der Waals surface area contributed by atoms with Crippen LogP contribution in [0.2, 0.25) is 0 Å². The van der Waals surface area contributed by atoms with Gasteiger partial charge in [-0.3, -0.25) is 0 Å². The van der Waals surface area contributed by atoms with Crippen LogP contribution in [-0.4, -0.2) is 69.2 Å². The molecule has 2 rings (SSSR count). The van der Waals surface area contributed by atoms with E-state index in [0.29, 0.717) is 42.8 Å². The third kappa shape index (κ3) is 5.13. The molecule has 1 aliphatic rings. The zero-order chi connectivity index (χ0) is 17.6. The van der Waals surface area contributed by atoms with Gasteiger partial charge in [0.25, 0.3) is 0 Å². The van der Waals surface area contributed by atoms with E-state index in [9.17, 15) is 8.42 Å². The number of piperazine rings is 1. The Hall–Kier alpha value is -0.740. The standard InChI is InChI=1S/C15H22BrN3O3S2/c1-22-11-3-6-17-15(23)18-7-9-19(10-8-18)24(20,21)14-5-2-4-13(16)12-14/h2,4-5,12H,3,6-11H2,1H3,(H,17,23). The van der Waals surface area contributed by atoms with Crippen LogP contribution in [-0.2, 0) is 14.8 Å². The van der Waals surface area contributed by atoms with Crippen molar-refractivity contribution < 1.29 is 13.2 Å². The Labute approximate surface area is 157 Å². The van der Waals surface area contributed by atoms with E-state index in [1.165, 1.54) is 4.31 Å². The minimum Gasteiger partial charge on any atom is -0.385 e. The molecule has 0 amide bonds. The highest BCUT2D eigenvalue weighted by atomic mass is 79.9.